The van der Waals surface area contributed by atoms with Gasteiger partial charge in [-0.15, -0.1) is 0 Å². The standard InChI is InChI=1S/C14H24N2O4S/c1-6-16(10(2)3)21(17,18)12-7-11(9-15)14(20-5)13(8-12)19-4/h7-8,10H,6,9,15H2,1-5H3. The maximum Gasteiger partial charge on any atom is 0.243 e. The van der Waals surface area contributed by atoms with Crippen molar-refractivity contribution in [1.29, 1.82) is 0 Å². The zero-order valence-electron chi connectivity index (χ0n) is 13.2. The van der Waals surface area contributed by atoms with Crippen molar-refractivity contribution >= 4 is 10.0 Å². The van der Waals surface area contributed by atoms with Crippen molar-refractivity contribution in [3.05, 3.63) is 17.7 Å². The average molecular weight is 316 g/mol. The van der Waals surface area contributed by atoms with E-state index in [0.29, 0.717) is 23.6 Å². The Kier molecular flexibility index (Phi) is 6.00. The van der Waals surface area contributed by atoms with Crippen LogP contribution in [0.25, 0.3) is 0 Å². The van der Waals surface area contributed by atoms with Crippen molar-refractivity contribution in [1.82, 2.24) is 4.31 Å². The summed E-state index contributed by atoms with van der Waals surface area (Å²) in [5.41, 5.74) is 6.28. The lowest BCUT2D eigenvalue weighted by molar-refractivity contribution is 0.348. The molecule has 1 aromatic rings. The normalized spacial score (nSPS) is 12.0. The van der Waals surface area contributed by atoms with Gasteiger partial charge in [0.05, 0.1) is 19.1 Å². The molecule has 1 rings (SSSR count). The quantitative estimate of drug-likeness (QED) is 0.826. The number of nitrogens with zero attached hydrogens (tertiary/aromatic N) is 1. The van der Waals surface area contributed by atoms with Crippen molar-refractivity contribution in [2.45, 2.75) is 38.3 Å². The van der Waals surface area contributed by atoms with E-state index in [9.17, 15) is 8.42 Å². The summed E-state index contributed by atoms with van der Waals surface area (Å²) in [7, 11) is -0.634. The summed E-state index contributed by atoms with van der Waals surface area (Å²) in [4.78, 5) is 0.163. The van der Waals surface area contributed by atoms with Crippen LogP contribution in [0.5, 0.6) is 11.5 Å². The number of rotatable bonds is 7. The van der Waals surface area contributed by atoms with Crippen LogP contribution in [0.1, 0.15) is 26.3 Å². The number of ether oxygens (including phenoxy) is 2. The molecule has 0 unspecified atom stereocenters. The number of benzene rings is 1. The molecule has 0 radical (unpaired) electrons. The van der Waals surface area contributed by atoms with Gasteiger partial charge in [-0.2, -0.15) is 4.31 Å². The lowest BCUT2D eigenvalue weighted by atomic mass is 10.2. The summed E-state index contributed by atoms with van der Waals surface area (Å²) >= 11 is 0. The highest BCUT2D eigenvalue weighted by molar-refractivity contribution is 7.89. The van der Waals surface area contributed by atoms with Crippen LogP contribution in [-0.4, -0.2) is 39.5 Å². The number of methoxy groups -OCH3 is 2. The maximum absolute atomic E-state index is 12.7. The first-order chi connectivity index (χ1) is 9.83. The van der Waals surface area contributed by atoms with Crippen molar-refractivity contribution in [3.63, 3.8) is 0 Å². The number of sulfonamides is 1. The minimum atomic E-state index is -3.60. The Morgan fingerprint density at radius 1 is 1.24 bits per heavy atom. The summed E-state index contributed by atoms with van der Waals surface area (Å²) in [6, 6.07) is 2.88. The average Bonchev–Trinajstić information content (AvgIpc) is 2.45. The Bertz CT molecular complexity index is 560. The molecule has 120 valence electrons. The van der Waals surface area contributed by atoms with Gasteiger partial charge in [-0.25, -0.2) is 8.42 Å². The van der Waals surface area contributed by atoms with Crippen molar-refractivity contribution < 1.29 is 17.9 Å². The van der Waals surface area contributed by atoms with Gasteiger partial charge in [-0.1, -0.05) is 6.92 Å². The second-order valence-corrected chi connectivity index (χ2v) is 6.71. The molecule has 0 amide bonds. The fourth-order valence-electron chi connectivity index (χ4n) is 2.26. The second-order valence-electron chi connectivity index (χ2n) is 4.82. The predicted octanol–water partition coefficient (Wildman–Crippen LogP) is 1.58. The zero-order chi connectivity index (χ0) is 16.2. The zero-order valence-corrected chi connectivity index (χ0v) is 14.0. The Balaban J connectivity index is 3.50. The molecule has 0 aliphatic heterocycles. The highest BCUT2D eigenvalue weighted by Crippen LogP contribution is 2.35. The molecule has 1 aromatic carbocycles. The van der Waals surface area contributed by atoms with Gasteiger partial charge in [0.1, 0.15) is 0 Å². The topological polar surface area (TPSA) is 81.9 Å². The summed E-state index contributed by atoms with van der Waals surface area (Å²) in [5.74, 6) is 0.824. The van der Waals surface area contributed by atoms with E-state index in [1.807, 2.05) is 20.8 Å². The van der Waals surface area contributed by atoms with Gasteiger partial charge in [0, 0.05) is 30.8 Å². The van der Waals surface area contributed by atoms with Crippen LogP contribution >= 0.6 is 0 Å². The minimum Gasteiger partial charge on any atom is -0.493 e. The van der Waals surface area contributed by atoms with Gasteiger partial charge in [0.15, 0.2) is 11.5 Å². The van der Waals surface area contributed by atoms with Crippen LogP contribution in [0.3, 0.4) is 0 Å². The van der Waals surface area contributed by atoms with E-state index in [2.05, 4.69) is 0 Å². The van der Waals surface area contributed by atoms with E-state index in [0.717, 1.165) is 0 Å². The van der Waals surface area contributed by atoms with Crippen LogP contribution in [0.2, 0.25) is 0 Å². The van der Waals surface area contributed by atoms with E-state index < -0.39 is 10.0 Å². The highest BCUT2D eigenvalue weighted by Gasteiger charge is 2.27. The third kappa shape index (κ3) is 3.48. The van der Waals surface area contributed by atoms with Crippen molar-refractivity contribution in [3.8, 4) is 11.5 Å². The van der Waals surface area contributed by atoms with Gasteiger partial charge in [0.2, 0.25) is 10.0 Å². The van der Waals surface area contributed by atoms with Crippen LogP contribution in [0.15, 0.2) is 17.0 Å². The lowest BCUT2D eigenvalue weighted by Crippen LogP contribution is -2.36. The molecule has 0 fully saturated rings. The maximum atomic E-state index is 12.7. The summed E-state index contributed by atoms with van der Waals surface area (Å²) < 4.78 is 37.4. The van der Waals surface area contributed by atoms with Gasteiger partial charge in [0.25, 0.3) is 0 Å². The first-order valence-electron chi connectivity index (χ1n) is 6.80. The van der Waals surface area contributed by atoms with Gasteiger partial charge < -0.3 is 15.2 Å². The molecule has 0 heterocycles. The Hall–Kier alpha value is -1.31. The lowest BCUT2D eigenvalue weighted by Gasteiger charge is -2.25. The number of nitrogens with two attached hydrogens (primary N) is 1. The van der Waals surface area contributed by atoms with Crippen molar-refractivity contribution in [2.75, 3.05) is 20.8 Å². The second kappa shape index (κ2) is 7.11. The third-order valence-corrected chi connectivity index (χ3v) is 5.37. The van der Waals surface area contributed by atoms with E-state index in [1.54, 1.807) is 6.07 Å². The molecule has 0 saturated carbocycles. The largest absolute Gasteiger partial charge is 0.493 e. The first-order valence-corrected chi connectivity index (χ1v) is 8.24. The molecule has 21 heavy (non-hydrogen) atoms. The van der Waals surface area contributed by atoms with E-state index in [-0.39, 0.29) is 17.5 Å². The smallest absolute Gasteiger partial charge is 0.243 e. The number of hydrogen-bond donors (Lipinski definition) is 1. The van der Waals surface area contributed by atoms with E-state index in [4.69, 9.17) is 15.2 Å². The molecule has 2 N–H and O–H groups in total. The minimum absolute atomic E-state index is 0.130. The predicted molar refractivity (Wildman–Crippen MR) is 82.1 cm³/mol. The van der Waals surface area contributed by atoms with Crippen molar-refractivity contribution in [2.24, 2.45) is 5.73 Å². The van der Waals surface area contributed by atoms with Crippen LogP contribution in [0.4, 0.5) is 0 Å². The first kappa shape index (κ1) is 17.7. The molecule has 0 bridgehead atoms. The summed E-state index contributed by atoms with van der Waals surface area (Å²) in [6.07, 6.45) is 0. The molecule has 7 heteroatoms. The molecular formula is C14H24N2O4S. The molecule has 0 aliphatic rings. The summed E-state index contributed by atoms with van der Waals surface area (Å²) in [5, 5.41) is 0. The molecule has 0 aromatic heterocycles. The molecule has 0 spiro atoms. The Morgan fingerprint density at radius 2 is 1.86 bits per heavy atom. The van der Waals surface area contributed by atoms with Crippen LogP contribution in [-0.2, 0) is 16.6 Å². The fourth-order valence-corrected chi connectivity index (χ4v) is 3.98. The van der Waals surface area contributed by atoms with E-state index >= 15 is 0 Å². The Morgan fingerprint density at radius 3 is 2.24 bits per heavy atom. The van der Waals surface area contributed by atoms with Gasteiger partial charge >= 0.3 is 0 Å². The molecule has 0 aliphatic carbocycles. The SMILES string of the molecule is CCN(C(C)C)S(=O)(=O)c1cc(CN)c(OC)c(OC)c1. The van der Waals surface area contributed by atoms with Crippen LogP contribution in [0, 0.1) is 0 Å². The molecule has 0 saturated heterocycles. The molecular weight excluding hydrogens is 292 g/mol. The number of hydrogen-bond acceptors (Lipinski definition) is 5. The summed E-state index contributed by atoms with van der Waals surface area (Å²) in [6.45, 7) is 6.04. The molecule has 0 atom stereocenters. The molecule has 6 nitrogen and oxygen atoms in total. The monoisotopic (exact) mass is 316 g/mol. The Labute approximate surface area is 126 Å². The highest BCUT2D eigenvalue weighted by atomic mass is 32.2. The van der Waals surface area contributed by atoms with Gasteiger partial charge in [-0.3, -0.25) is 0 Å². The van der Waals surface area contributed by atoms with Crippen LogP contribution < -0.4 is 15.2 Å². The van der Waals surface area contributed by atoms with E-state index in [1.165, 1.54) is 24.6 Å². The third-order valence-electron chi connectivity index (χ3n) is 3.24. The van der Waals surface area contributed by atoms with Gasteiger partial charge in [-0.05, 0) is 19.9 Å². The fraction of sp³-hybridized carbons (Fsp3) is 0.571.